The van der Waals surface area contributed by atoms with E-state index in [1.54, 1.807) is 0 Å². The van der Waals surface area contributed by atoms with Crippen LogP contribution in [-0.4, -0.2) is 4.57 Å². The van der Waals surface area contributed by atoms with Crippen LogP contribution in [0.15, 0.2) is 146 Å². The first kappa shape index (κ1) is 26.0. The van der Waals surface area contributed by atoms with Gasteiger partial charge in [0.05, 0.1) is 11.0 Å². The Balaban J connectivity index is 1.10. The van der Waals surface area contributed by atoms with Crippen LogP contribution in [0.25, 0.3) is 82.1 Å². The lowest BCUT2D eigenvalue weighted by Crippen LogP contribution is -2.10. The molecule has 0 amide bonds. The lowest BCUT2D eigenvalue weighted by atomic mass is 9.82. The predicted molar refractivity (Wildman–Crippen MR) is 194 cm³/mol. The number of fused-ring (bicyclic) bond motifs is 3. The number of benzene rings is 8. The molecule has 0 aliphatic rings. The molecule has 8 aromatic carbocycles. The van der Waals surface area contributed by atoms with Crippen molar-refractivity contribution < 1.29 is 0 Å². The zero-order valence-electron chi connectivity index (χ0n) is 25.8. The zero-order chi connectivity index (χ0) is 30.3. The van der Waals surface area contributed by atoms with Crippen LogP contribution in [0.3, 0.4) is 0 Å². The number of aromatic nitrogens is 1. The number of nitrogens with zero attached hydrogens (tertiary/aromatic N) is 1. The van der Waals surface area contributed by atoms with E-state index < -0.39 is 0 Å². The quantitative estimate of drug-likeness (QED) is 0.185. The van der Waals surface area contributed by atoms with E-state index in [0.717, 1.165) is 0 Å². The zero-order valence-corrected chi connectivity index (χ0v) is 25.8. The maximum atomic E-state index is 2.38. The first-order chi connectivity index (χ1) is 21.9. The van der Waals surface area contributed by atoms with Crippen molar-refractivity contribution in [3.63, 3.8) is 0 Å². The molecule has 1 heterocycles. The van der Waals surface area contributed by atoms with Gasteiger partial charge in [-0.05, 0) is 89.8 Å². The molecule has 45 heavy (non-hydrogen) atoms. The number of hydrogen-bond acceptors (Lipinski definition) is 0. The molecule has 0 unspecified atom stereocenters. The molecule has 0 bridgehead atoms. The van der Waals surface area contributed by atoms with Crippen LogP contribution in [0.2, 0.25) is 0 Å². The highest BCUT2D eigenvalue weighted by molar-refractivity contribution is 6.25. The summed E-state index contributed by atoms with van der Waals surface area (Å²) >= 11 is 0. The van der Waals surface area contributed by atoms with Gasteiger partial charge in [0.2, 0.25) is 0 Å². The average molecular weight is 576 g/mol. The molecule has 0 saturated carbocycles. The normalized spacial score (nSPS) is 12.3. The van der Waals surface area contributed by atoms with Crippen LogP contribution in [0.4, 0.5) is 0 Å². The van der Waals surface area contributed by atoms with Gasteiger partial charge in [-0.15, -0.1) is 0 Å². The fourth-order valence-electron chi connectivity index (χ4n) is 7.35. The fraction of sp³-hybridized carbons (Fsp3) is 0.0909. The molecule has 214 valence electrons. The Hall–Kier alpha value is -5.40. The lowest BCUT2D eigenvalue weighted by molar-refractivity contribution is 0.591. The highest BCUT2D eigenvalue weighted by Crippen LogP contribution is 2.41. The van der Waals surface area contributed by atoms with Gasteiger partial charge in [-0.25, -0.2) is 0 Å². The summed E-state index contributed by atoms with van der Waals surface area (Å²) in [5.74, 6) is 0. The first-order valence-corrected chi connectivity index (χ1v) is 15.9. The van der Waals surface area contributed by atoms with Crippen molar-refractivity contribution in [1.29, 1.82) is 0 Å². The molecular weight excluding hydrogens is 542 g/mol. The molecule has 0 aliphatic heterocycles. The summed E-state index contributed by atoms with van der Waals surface area (Å²) in [5.41, 5.74) is 10.1. The van der Waals surface area contributed by atoms with E-state index in [4.69, 9.17) is 0 Å². The summed E-state index contributed by atoms with van der Waals surface area (Å²) in [5, 5.41) is 10.6. The summed E-state index contributed by atoms with van der Waals surface area (Å²) < 4.78 is 2.37. The molecule has 0 aliphatic carbocycles. The van der Waals surface area contributed by atoms with Crippen molar-refractivity contribution >= 4 is 54.1 Å². The molecule has 9 rings (SSSR count). The molecule has 0 atom stereocenters. The lowest BCUT2D eigenvalue weighted by Gasteiger charge is -2.22. The van der Waals surface area contributed by atoms with Crippen LogP contribution < -0.4 is 0 Å². The van der Waals surface area contributed by atoms with Gasteiger partial charge in [0.15, 0.2) is 0 Å². The van der Waals surface area contributed by atoms with Gasteiger partial charge in [0, 0.05) is 16.5 Å². The Morgan fingerprint density at radius 1 is 0.422 bits per heavy atom. The van der Waals surface area contributed by atoms with Gasteiger partial charge < -0.3 is 4.57 Å². The van der Waals surface area contributed by atoms with E-state index in [9.17, 15) is 0 Å². The Kier molecular flexibility index (Phi) is 5.53. The van der Waals surface area contributed by atoms with Gasteiger partial charge in [0.1, 0.15) is 0 Å². The third-order valence-electron chi connectivity index (χ3n) is 9.70. The monoisotopic (exact) mass is 575 g/mol. The van der Waals surface area contributed by atoms with Crippen molar-refractivity contribution in [1.82, 2.24) is 4.57 Å². The molecule has 0 saturated heterocycles. The van der Waals surface area contributed by atoms with E-state index in [0.29, 0.717) is 0 Å². The van der Waals surface area contributed by atoms with Gasteiger partial charge in [-0.2, -0.15) is 0 Å². The van der Waals surface area contributed by atoms with Crippen molar-refractivity contribution in [2.24, 2.45) is 0 Å². The number of hydrogen-bond donors (Lipinski definition) is 0. The second-order valence-electron chi connectivity index (χ2n) is 13.4. The number of rotatable bonds is 3. The van der Waals surface area contributed by atoms with Gasteiger partial charge >= 0.3 is 0 Å². The SMILES string of the molecule is CC(C)(C)c1cc2ccc3ccc(-c4ccc(-c5ccc(-n6c7ccccc7c7ccccc76)cc5)cc4)c4ccc(c1)c2c34. The number of para-hydroxylation sites is 2. The van der Waals surface area contributed by atoms with Crippen molar-refractivity contribution in [2.45, 2.75) is 26.2 Å². The first-order valence-electron chi connectivity index (χ1n) is 15.9. The van der Waals surface area contributed by atoms with Crippen molar-refractivity contribution in [3.8, 4) is 27.9 Å². The van der Waals surface area contributed by atoms with Gasteiger partial charge in [0.25, 0.3) is 0 Å². The summed E-state index contributed by atoms with van der Waals surface area (Å²) in [6.07, 6.45) is 0. The fourth-order valence-corrected chi connectivity index (χ4v) is 7.35. The highest BCUT2D eigenvalue weighted by Gasteiger charge is 2.18. The standard InChI is InChI=1S/C44H33N/c1-44(2,3)34-26-32-17-16-31-20-24-36(39-25-21-33(27-34)42(32)43(31)39)30-14-12-28(13-15-30)29-18-22-35(23-19-29)45-40-10-6-4-8-37(40)38-9-5-7-11-41(38)45/h4-27H,1-3H3. The largest absolute Gasteiger partial charge is 0.309 e. The molecular formula is C44H33N. The minimum absolute atomic E-state index is 0.114. The molecule has 0 fully saturated rings. The molecule has 1 nitrogen and oxygen atoms in total. The van der Waals surface area contributed by atoms with E-state index in [2.05, 4.69) is 171 Å². The Labute approximate surface area is 263 Å². The second-order valence-corrected chi connectivity index (χ2v) is 13.4. The Bertz CT molecular complexity index is 2470. The third-order valence-corrected chi connectivity index (χ3v) is 9.70. The van der Waals surface area contributed by atoms with Crippen LogP contribution in [-0.2, 0) is 5.41 Å². The topological polar surface area (TPSA) is 4.93 Å². The average Bonchev–Trinajstić information content (AvgIpc) is 3.41. The van der Waals surface area contributed by atoms with Gasteiger partial charge in [-0.3, -0.25) is 0 Å². The van der Waals surface area contributed by atoms with Crippen LogP contribution in [0, 0.1) is 0 Å². The predicted octanol–water partition coefficient (Wildman–Crippen LogP) is 12.3. The molecule has 1 heteroatoms. The second kappa shape index (κ2) is 9.55. The maximum Gasteiger partial charge on any atom is 0.0541 e. The van der Waals surface area contributed by atoms with E-state index in [1.165, 1.54) is 87.6 Å². The summed E-state index contributed by atoms with van der Waals surface area (Å²) in [4.78, 5) is 0. The highest BCUT2D eigenvalue weighted by atomic mass is 15.0. The van der Waals surface area contributed by atoms with Crippen molar-refractivity contribution in [3.05, 3.63) is 151 Å². The Morgan fingerprint density at radius 2 is 0.933 bits per heavy atom. The summed E-state index contributed by atoms with van der Waals surface area (Å²) in [6, 6.07) is 54.0. The Morgan fingerprint density at radius 3 is 1.56 bits per heavy atom. The molecule has 0 spiro atoms. The van der Waals surface area contributed by atoms with Crippen LogP contribution in [0.5, 0.6) is 0 Å². The minimum Gasteiger partial charge on any atom is -0.309 e. The summed E-state index contributed by atoms with van der Waals surface area (Å²) in [7, 11) is 0. The molecule has 9 aromatic rings. The van der Waals surface area contributed by atoms with Crippen LogP contribution >= 0.6 is 0 Å². The third kappa shape index (κ3) is 4.01. The maximum absolute atomic E-state index is 2.38. The minimum atomic E-state index is 0.114. The van der Waals surface area contributed by atoms with Gasteiger partial charge in [-0.1, -0.05) is 142 Å². The molecule has 0 N–H and O–H groups in total. The van der Waals surface area contributed by atoms with Crippen molar-refractivity contribution in [2.75, 3.05) is 0 Å². The van der Waals surface area contributed by atoms with E-state index in [1.807, 2.05) is 0 Å². The molecule has 1 aromatic heterocycles. The summed E-state index contributed by atoms with van der Waals surface area (Å²) in [6.45, 7) is 6.88. The molecule has 0 radical (unpaired) electrons. The smallest absolute Gasteiger partial charge is 0.0541 e. The van der Waals surface area contributed by atoms with Crippen LogP contribution in [0.1, 0.15) is 26.3 Å². The van der Waals surface area contributed by atoms with E-state index in [-0.39, 0.29) is 5.41 Å². The van der Waals surface area contributed by atoms with E-state index >= 15 is 0 Å².